The third-order valence-electron chi connectivity index (χ3n) is 3.43. The van der Waals surface area contributed by atoms with Crippen molar-refractivity contribution in [3.8, 4) is 0 Å². The van der Waals surface area contributed by atoms with Crippen molar-refractivity contribution in [2.75, 3.05) is 0 Å². The molecule has 1 aromatic carbocycles. The lowest BCUT2D eigenvalue weighted by Gasteiger charge is -2.21. The van der Waals surface area contributed by atoms with Gasteiger partial charge in [0.1, 0.15) is 11.6 Å². The summed E-state index contributed by atoms with van der Waals surface area (Å²) < 4.78 is 27.5. The molecule has 0 radical (unpaired) electrons. The average molecular weight is 276 g/mol. The highest BCUT2D eigenvalue weighted by atomic mass is 19.1. The van der Waals surface area contributed by atoms with E-state index in [9.17, 15) is 8.78 Å². The Labute approximate surface area is 117 Å². The number of benzene rings is 1. The van der Waals surface area contributed by atoms with Crippen LogP contribution in [-0.4, -0.2) is 4.98 Å². The zero-order chi connectivity index (χ0) is 14.7. The number of nitrogens with zero attached hydrogens (tertiary/aromatic N) is 1. The number of hydrogen-bond donors (Lipinski definition) is 1. The number of nitrogens with one attached hydrogen (secondary N) is 1. The highest BCUT2D eigenvalue weighted by Crippen LogP contribution is 2.23. The number of pyridine rings is 1. The molecule has 1 heterocycles. The van der Waals surface area contributed by atoms with Gasteiger partial charge in [0.05, 0.1) is 0 Å². The summed E-state index contributed by atoms with van der Waals surface area (Å²) in [6, 6.07) is 6.01. The molecule has 2 nitrogen and oxygen atoms in total. The molecule has 0 spiro atoms. The predicted octanol–water partition coefficient (Wildman–Crippen LogP) is 4.08. The van der Waals surface area contributed by atoms with Gasteiger partial charge in [0.15, 0.2) is 0 Å². The summed E-state index contributed by atoms with van der Waals surface area (Å²) in [7, 11) is 0. The standard InChI is InChI=1S/C16H18F2N2/c1-10-7-16(18)14(8-15(10)17)12(3)20-11(2)13-5-4-6-19-9-13/h4-9,11-12,20H,1-3H3/t11-,12?/m0/s1. The Morgan fingerprint density at radius 1 is 1.10 bits per heavy atom. The molecular formula is C16H18F2N2. The molecule has 0 aliphatic heterocycles. The largest absolute Gasteiger partial charge is 0.303 e. The molecule has 2 aromatic rings. The molecular weight excluding hydrogens is 258 g/mol. The first-order valence-electron chi connectivity index (χ1n) is 6.60. The van der Waals surface area contributed by atoms with Crippen LogP contribution in [0.1, 0.15) is 42.6 Å². The Kier molecular flexibility index (Phi) is 4.45. The maximum absolute atomic E-state index is 13.9. The van der Waals surface area contributed by atoms with Crippen LogP contribution in [0.15, 0.2) is 36.7 Å². The SMILES string of the molecule is Cc1cc(F)c(C(C)N[C@@H](C)c2cccnc2)cc1F. The number of halogens is 2. The van der Waals surface area contributed by atoms with Crippen LogP contribution in [0.5, 0.6) is 0 Å². The van der Waals surface area contributed by atoms with Gasteiger partial charge < -0.3 is 5.32 Å². The summed E-state index contributed by atoms with van der Waals surface area (Å²) in [5, 5.41) is 3.25. The van der Waals surface area contributed by atoms with Crippen molar-refractivity contribution in [3.05, 3.63) is 65.0 Å². The Morgan fingerprint density at radius 3 is 2.50 bits per heavy atom. The third-order valence-corrected chi connectivity index (χ3v) is 3.43. The van der Waals surface area contributed by atoms with Crippen molar-refractivity contribution in [2.24, 2.45) is 0 Å². The molecule has 2 atom stereocenters. The summed E-state index contributed by atoms with van der Waals surface area (Å²) in [6.45, 7) is 5.34. The number of aromatic nitrogens is 1. The van der Waals surface area contributed by atoms with Gasteiger partial charge in [-0.3, -0.25) is 4.98 Å². The monoisotopic (exact) mass is 276 g/mol. The van der Waals surface area contributed by atoms with E-state index in [-0.39, 0.29) is 23.7 Å². The van der Waals surface area contributed by atoms with E-state index in [1.54, 1.807) is 19.3 Å². The predicted molar refractivity (Wildman–Crippen MR) is 75.3 cm³/mol. The smallest absolute Gasteiger partial charge is 0.128 e. The van der Waals surface area contributed by atoms with E-state index < -0.39 is 0 Å². The fourth-order valence-electron chi connectivity index (χ4n) is 2.19. The summed E-state index contributed by atoms with van der Waals surface area (Å²) in [6.07, 6.45) is 3.46. The van der Waals surface area contributed by atoms with Crippen LogP contribution in [0.4, 0.5) is 8.78 Å². The van der Waals surface area contributed by atoms with Crippen LogP contribution in [0.2, 0.25) is 0 Å². The molecule has 4 heteroatoms. The Bertz CT molecular complexity index is 585. The molecule has 1 unspecified atom stereocenters. The van der Waals surface area contributed by atoms with Gasteiger partial charge in [-0.2, -0.15) is 0 Å². The first-order valence-corrected chi connectivity index (χ1v) is 6.60. The van der Waals surface area contributed by atoms with Crippen LogP contribution in [-0.2, 0) is 0 Å². The van der Waals surface area contributed by atoms with E-state index >= 15 is 0 Å². The highest BCUT2D eigenvalue weighted by molar-refractivity contribution is 5.27. The number of rotatable bonds is 4. The molecule has 0 bridgehead atoms. The molecule has 106 valence electrons. The van der Waals surface area contributed by atoms with Gasteiger partial charge >= 0.3 is 0 Å². The molecule has 1 aromatic heterocycles. The second-order valence-corrected chi connectivity index (χ2v) is 5.02. The van der Waals surface area contributed by atoms with Crippen molar-refractivity contribution in [1.82, 2.24) is 10.3 Å². The third kappa shape index (κ3) is 3.20. The molecule has 20 heavy (non-hydrogen) atoms. The van der Waals surface area contributed by atoms with E-state index in [0.29, 0.717) is 11.1 Å². The van der Waals surface area contributed by atoms with Crippen molar-refractivity contribution in [3.63, 3.8) is 0 Å². The first-order chi connectivity index (χ1) is 9.49. The van der Waals surface area contributed by atoms with Crippen LogP contribution < -0.4 is 5.32 Å². The topological polar surface area (TPSA) is 24.9 Å². The summed E-state index contributed by atoms with van der Waals surface area (Å²) in [4.78, 5) is 4.05. The molecule has 0 fully saturated rings. The van der Waals surface area contributed by atoms with Crippen LogP contribution in [0.3, 0.4) is 0 Å². The van der Waals surface area contributed by atoms with Gasteiger partial charge in [0, 0.05) is 30.0 Å². The Hall–Kier alpha value is -1.81. The molecule has 0 amide bonds. The average Bonchev–Trinajstić information content (AvgIpc) is 2.43. The summed E-state index contributed by atoms with van der Waals surface area (Å²) in [5.41, 5.74) is 1.66. The second kappa shape index (κ2) is 6.09. The molecule has 0 saturated heterocycles. The van der Waals surface area contributed by atoms with Gasteiger partial charge in [-0.1, -0.05) is 6.07 Å². The summed E-state index contributed by atoms with van der Waals surface area (Å²) in [5.74, 6) is -0.772. The van der Waals surface area contributed by atoms with Gasteiger partial charge in [-0.05, 0) is 50.1 Å². The van der Waals surface area contributed by atoms with Crippen LogP contribution >= 0.6 is 0 Å². The van der Waals surface area contributed by atoms with Crippen molar-refractivity contribution in [2.45, 2.75) is 32.9 Å². The fraction of sp³-hybridized carbons (Fsp3) is 0.312. The lowest BCUT2D eigenvalue weighted by atomic mass is 10.0. The van der Waals surface area contributed by atoms with E-state index in [2.05, 4.69) is 10.3 Å². The van der Waals surface area contributed by atoms with Crippen molar-refractivity contribution in [1.29, 1.82) is 0 Å². The maximum Gasteiger partial charge on any atom is 0.128 e. The Balaban J connectivity index is 2.16. The zero-order valence-corrected chi connectivity index (χ0v) is 11.8. The quantitative estimate of drug-likeness (QED) is 0.910. The highest BCUT2D eigenvalue weighted by Gasteiger charge is 2.16. The minimum atomic E-state index is -0.387. The molecule has 1 N–H and O–H groups in total. The lowest BCUT2D eigenvalue weighted by Crippen LogP contribution is -2.23. The summed E-state index contributed by atoms with van der Waals surface area (Å²) >= 11 is 0. The normalized spacial score (nSPS) is 14.1. The van der Waals surface area contributed by atoms with Crippen molar-refractivity contribution >= 4 is 0 Å². The van der Waals surface area contributed by atoms with Crippen LogP contribution in [0, 0.1) is 18.6 Å². The first kappa shape index (κ1) is 14.6. The van der Waals surface area contributed by atoms with Gasteiger partial charge in [0.25, 0.3) is 0 Å². The van der Waals surface area contributed by atoms with E-state index in [1.165, 1.54) is 12.1 Å². The van der Waals surface area contributed by atoms with Crippen LogP contribution in [0.25, 0.3) is 0 Å². The molecule has 2 rings (SSSR count). The second-order valence-electron chi connectivity index (χ2n) is 5.02. The lowest BCUT2D eigenvalue weighted by molar-refractivity contribution is 0.468. The fourth-order valence-corrected chi connectivity index (χ4v) is 2.19. The number of aryl methyl sites for hydroxylation is 1. The minimum absolute atomic E-state index is 0.00228. The molecule has 0 aliphatic carbocycles. The minimum Gasteiger partial charge on any atom is -0.303 e. The maximum atomic E-state index is 13.9. The number of hydrogen-bond acceptors (Lipinski definition) is 2. The van der Waals surface area contributed by atoms with E-state index in [4.69, 9.17) is 0 Å². The zero-order valence-electron chi connectivity index (χ0n) is 11.8. The van der Waals surface area contributed by atoms with Crippen molar-refractivity contribution < 1.29 is 8.78 Å². The van der Waals surface area contributed by atoms with Gasteiger partial charge in [-0.15, -0.1) is 0 Å². The van der Waals surface area contributed by atoms with E-state index in [1.807, 2.05) is 26.0 Å². The van der Waals surface area contributed by atoms with Gasteiger partial charge in [0.2, 0.25) is 0 Å². The Morgan fingerprint density at radius 2 is 1.85 bits per heavy atom. The molecule has 0 saturated carbocycles. The molecule has 0 aliphatic rings. The van der Waals surface area contributed by atoms with Gasteiger partial charge in [-0.25, -0.2) is 8.78 Å². The van der Waals surface area contributed by atoms with E-state index in [0.717, 1.165) is 5.56 Å².